The van der Waals surface area contributed by atoms with Crippen LogP contribution in [-0.2, 0) is 65.4 Å². The third-order valence-corrected chi connectivity index (χ3v) is 19.2. The second-order valence-corrected chi connectivity index (χ2v) is 29.5. The van der Waals surface area contributed by atoms with Gasteiger partial charge in [-0.05, 0) is 57.3 Å². The zero-order chi connectivity index (χ0) is 69.1. The van der Waals surface area contributed by atoms with Gasteiger partial charge in [0.25, 0.3) is 0 Å². The van der Waals surface area contributed by atoms with Gasteiger partial charge < -0.3 is 33.8 Å². The van der Waals surface area contributed by atoms with Gasteiger partial charge in [0.2, 0.25) is 0 Å². The molecule has 0 saturated carbocycles. The Hall–Kier alpha value is -2.46. The van der Waals surface area contributed by atoms with E-state index in [2.05, 4.69) is 58.9 Å². The lowest BCUT2D eigenvalue weighted by atomic mass is 9.99. The SMILES string of the molecule is CCCCCC/C=C\C=C/CCCCCCCC(=O)OC[C@H](COP(=O)(O)OC[C@@H](O)COP(=O)(O)OC[C@@H](COC(=O)CCCCCCCCCCCC)OC(=O)CCCCCCCCCCC(C)CC)OC(=O)CCCCCCCCCCCCCCCCCCC. The standard InChI is InChI=1S/C75H142O17P2/c1-6-10-13-16-19-22-25-27-29-30-32-34-36-39-45-50-55-60-74(79)91-70(64-86-73(78)59-54-49-44-38-35-33-31-28-26-23-20-17-14-11-7-2)66-89-93(81,82)87-62-69(76)63-88-94(83,84)90-67-71(65-85-72(77)58-53-48-43-37-24-21-18-15-12-8-3)92-75(80)61-56-51-46-41-40-42-47-52-57-68(5)9-4/h23,26,28,31,68-71,76H,6-22,24-25,27,29-30,32-67H2,1-5H3,(H,81,82)(H,83,84)/b26-23-,31-28-/t68?,69-,70-,71-/m1/s1. The summed E-state index contributed by atoms with van der Waals surface area (Å²) in [5, 5.41) is 10.6. The van der Waals surface area contributed by atoms with E-state index in [0.717, 1.165) is 115 Å². The minimum absolute atomic E-state index is 0.102. The number of unbranched alkanes of at least 4 members (excludes halogenated alkanes) is 41. The summed E-state index contributed by atoms with van der Waals surface area (Å²) < 4.78 is 68.4. The highest BCUT2D eigenvalue weighted by atomic mass is 31.2. The van der Waals surface area contributed by atoms with Crippen molar-refractivity contribution in [3.05, 3.63) is 24.3 Å². The van der Waals surface area contributed by atoms with E-state index in [1.165, 1.54) is 173 Å². The summed E-state index contributed by atoms with van der Waals surface area (Å²) in [6, 6.07) is 0. The molecule has 94 heavy (non-hydrogen) atoms. The number of esters is 4. The summed E-state index contributed by atoms with van der Waals surface area (Å²) in [5.41, 5.74) is 0. The van der Waals surface area contributed by atoms with E-state index in [0.29, 0.717) is 25.7 Å². The molecule has 6 atom stereocenters. The van der Waals surface area contributed by atoms with Crippen molar-refractivity contribution in [1.29, 1.82) is 0 Å². The molecule has 0 rings (SSSR count). The van der Waals surface area contributed by atoms with Crippen LogP contribution in [0.15, 0.2) is 24.3 Å². The maximum absolute atomic E-state index is 13.1. The first-order valence-electron chi connectivity index (χ1n) is 38.5. The number of allylic oxidation sites excluding steroid dienone is 4. The molecule has 0 saturated heterocycles. The number of hydrogen-bond acceptors (Lipinski definition) is 15. The van der Waals surface area contributed by atoms with Gasteiger partial charge in [0.1, 0.15) is 19.3 Å². The Bertz CT molecular complexity index is 1900. The van der Waals surface area contributed by atoms with Crippen LogP contribution in [0.25, 0.3) is 0 Å². The van der Waals surface area contributed by atoms with Gasteiger partial charge in [-0.2, -0.15) is 0 Å². The van der Waals surface area contributed by atoms with Gasteiger partial charge in [0, 0.05) is 25.7 Å². The molecule has 0 heterocycles. The first-order valence-corrected chi connectivity index (χ1v) is 41.5. The lowest BCUT2D eigenvalue weighted by molar-refractivity contribution is -0.161. The van der Waals surface area contributed by atoms with E-state index in [-0.39, 0.29) is 25.7 Å². The van der Waals surface area contributed by atoms with Gasteiger partial charge in [-0.25, -0.2) is 9.13 Å². The molecule has 19 heteroatoms. The molecule has 0 aliphatic carbocycles. The number of carbonyl (C=O) groups is 4. The topological polar surface area (TPSA) is 237 Å². The van der Waals surface area contributed by atoms with Crippen molar-refractivity contribution in [2.75, 3.05) is 39.6 Å². The zero-order valence-corrected chi connectivity index (χ0v) is 62.4. The van der Waals surface area contributed by atoms with Gasteiger partial charge in [-0.15, -0.1) is 0 Å². The molecule has 0 spiro atoms. The number of phosphoric acid groups is 2. The van der Waals surface area contributed by atoms with Gasteiger partial charge >= 0.3 is 39.5 Å². The summed E-state index contributed by atoms with van der Waals surface area (Å²) in [4.78, 5) is 72.7. The number of rotatable bonds is 73. The molecular formula is C75H142O17P2. The quantitative estimate of drug-likeness (QED) is 0.0169. The molecule has 554 valence electrons. The zero-order valence-electron chi connectivity index (χ0n) is 60.6. The molecule has 0 amide bonds. The van der Waals surface area contributed by atoms with E-state index < -0.39 is 97.5 Å². The fourth-order valence-corrected chi connectivity index (χ4v) is 12.5. The number of aliphatic hydroxyl groups is 1. The van der Waals surface area contributed by atoms with Gasteiger partial charge in [0.05, 0.1) is 26.4 Å². The largest absolute Gasteiger partial charge is 0.472 e. The highest BCUT2D eigenvalue weighted by Crippen LogP contribution is 2.45. The number of aliphatic hydroxyl groups excluding tert-OH is 1. The molecule has 0 aliphatic heterocycles. The van der Waals surface area contributed by atoms with Crippen LogP contribution in [0.4, 0.5) is 0 Å². The second kappa shape index (κ2) is 67.7. The van der Waals surface area contributed by atoms with Crippen molar-refractivity contribution in [2.24, 2.45) is 5.92 Å². The Morgan fingerprint density at radius 1 is 0.340 bits per heavy atom. The van der Waals surface area contributed by atoms with Crippen LogP contribution in [-0.4, -0.2) is 96.7 Å². The average molecular weight is 1380 g/mol. The predicted octanol–water partition coefficient (Wildman–Crippen LogP) is 21.6. The van der Waals surface area contributed by atoms with Crippen LogP contribution in [0, 0.1) is 5.92 Å². The van der Waals surface area contributed by atoms with E-state index in [1.54, 1.807) is 0 Å². The number of carbonyl (C=O) groups excluding carboxylic acids is 4. The van der Waals surface area contributed by atoms with Crippen LogP contribution < -0.4 is 0 Å². The molecule has 3 N–H and O–H groups in total. The fraction of sp³-hybridized carbons (Fsp3) is 0.893. The maximum Gasteiger partial charge on any atom is 0.472 e. The first-order chi connectivity index (χ1) is 45.6. The second-order valence-electron chi connectivity index (χ2n) is 26.6. The molecule has 0 aromatic heterocycles. The van der Waals surface area contributed by atoms with E-state index >= 15 is 0 Å². The van der Waals surface area contributed by atoms with Gasteiger partial charge in [-0.3, -0.25) is 37.3 Å². The Morgan fingerprint density at radius 3 is 0.904 bits per heavy atom. The van der Waals surface area contributed by atoms with Gasteiger partial charge in [-0.1, -0.05) is 316 Å². The summed E-state index contributed by atoms with van der Waals surface area (Å²) in [6.45, 7) is 7.21. The van der Waals surface area contributed by atoms with Crippen molar-refractivity contribution in [1.82, 2.24) is 0 Å². The van der Waals surface area contributed by atoms with E-state index in [1.807, 2.05) is 0 Å². The van der Waals surface area contributed by atoms with Crippen molar-refractivity contribution in [3.8, 4) is 0 Å². The summed E-state index contributed by atoms with van der Waals surface area (Å²) in [7, 11) is -9.92. The number of hydrogen-bond donors (Lipinski definition) is 3. The number of phosphoric ester groups is 2. The summed E-state index contributed by atoms with van der Waals surface area (Å²) in [5.74, 6) is -1.38. The monoisotopic (exact) mass is 1380 g/mol. The molecule has 0 aliphatic rings. The van der Waals surface area contributed by atoms with E-state index in [9.17, 15) is 43.2 Å². The molecule has 0 aromatic rings. The van der Waals surface area contributed by atoms with Crippen LogP contribution in [0.3, 0.4) is 0 Å². The highest BCUT2D eigenvalue weighted by Gasteiger charge is 2.30. The minimum Gasteiger partial charge on any atom is -0.462 e. The molecule has 0 radical (unpaired) electrons. The van der Waals surface area contributed by atoms with Crippen molar-refractivity contribution < 1.29 is 80.2 Å². The number of ether oxygens (including phenoxy) is 4. The van der Waals surface area contributed by atoms with Gasteiger partial charge in [0.15, 0.2) is 12.2 Å². The first kappa shape index (κ1) is 91.5. The summed E-state index contributed by atoms with van der Waals surface area (Å²) in [6.07, 6.45) is 59.0. The van der Waals surface area contributed by atoms with Crippen molar-refractivity contribution in [2.45, 2.75) is 387 Å². The molecular weight excluding hydrogens is 1230 g/mol. The molecule has 0 fully saturated rings. The summed E-state index contributed by atoms with van der Waals surface area (Å²) >= 11 is 0. The van der Waals surface area contributed by atoms with Crippen LogP contribution in [0.1, 0.15) is 369 Å². The lowest BCUT2D eigenvalue weighted by Crippen LogP contribution is -2.30. The Balaban J connectivity index is 5.28. The molecule has 17 nitrogen and oxygen atoms in total. The fourth-order valence-electron chi connectivity index (χ4n) is 11.0. The Labute approximate surface area is 573 Å². The molecule has 0 bridgehead atoms. The Morgan fingerprint density at radius 2 is 0.596 bits per heavy atom. The van der Waals surface area contributed by atoms with Crippen LogP contribution in [0.2, 0.25) is 0 Å². The third kappa shape index (κ3) is 66.8. The van der Waals surface area contributed by atoms with Crippen LogP contribution >= 0.6 is 15.6 Å². The Kier molecular flexibility index (Phi) is 65.9. The maximum atomic E-state index is 13.1. The molecule has 3 unspecified atom stereocenters. The minimum atomic E-state index is -4.96. The van der Waals surface area contributed by atoms with Crippen molar-refractivity contribution >= 4 is 39.5 Å². The van der Waals surface area contributed by atoms with E-state index in [4.69, 9.17) is 37.0 Å². The van der Waals surface area contributed by atoms with Crippen molar-refractivity contribution in [3.63, 3.8) is 0 Å². The average Bonchev–Trinajstić information content (AvgIpc) is 1.76. The van der Waals surface area contributed by atoms with Crippen LogP contribution in [0.5, 0.6) is 0 Å². The smallest absolute Gasteiger partial charge is 0.462 e. The third-order valence-electron chi connectivity index (χ3n) is 17.3. The highest BCUT2D eigenvalue weighted by molar-refractivity contribution is 7.47. The predicted molar refractivity (Wildman–Crippen MR) is 381 cm³/mol. The molecule has 0 aromatic carbocycles. The lowest BCUT2D eigenvalue weighted by Gasteiger charge is -2.21. The normalized spacial score (nSPS) is 14.4.